The molecule has 5 nitrogen and oxygen atoms in total. The molecule has 0 saturated carbocycles. The molecule has 22 heavy (non-hydrogen) atoms. The monoisotopic (exact) mass is 312 g/mol. The fraction of sp³-hybridized carbons (Fsp3) is 0.188. The number of thiazole rings is 1. The Morgan fingerprint density at radius 3 is 2.91 bits per heavy atom. The summed E-state index contributed by atoms with van der Waals surface area (Å²) in [5, 5.41) is 13.1. The molecule has 3 rings (SSSR count). The lowest BCUT2D eigenvalue weighted by Crippen LogP contribution is -1.96. The molecule has 3 aromatic heterocycles. The van der Waals surface area contributed by atoms with Gasteiger partial charge in [0.1, 0.15) is 11.6 Å². The van der Waals surface area contributed by atoms with Crippen LogP contribution in [0.15, 0.2) is 42.7 Å². The fourth-order valence-corrected chi connectivity index (χ4v) is 2.89. The summed E-state index contributed by atoms with van der Waals surface area (Å²) in [6.07, 6.45) is 4.15. The van der Waals surface area contributed by atoms with Gasteiger partial charge in [-0.3, -0.25) is 0 Å². The van der Waals surface area contributed by atoms with E-state index in [2.05, 4.69) is 20.3 Å². The first-order chi connectivity index (χ1) is 10.7. The van der Waals surface area contributed by atoms with Gasteiger partial charge >= 0.3 is 0 Å². The highest BCUT2D eigenvalue weighted by molar-refractivity contribution is 7.15. The van der Waals surface area contributed by atoms with Gasteiger partial charge in [0.05, 0.1) is 15.6 Å². The van der Waals surface area contributed by atoms with Crippen molar-refractivity contribution in [3.05, 3.63) is 53.3 Å². The molecule has 3 heterocycles. The quantitative estimate of drug-likeness (QED) is 0.757. The molecule has 0 aromatic carbocycles. The van der Waals surface area contributed by atoms with Gasteiger partial charge in [-0.05, 0) is 36.8 Å². The average molecular weight is 312 g/mol. The van der Waals surface area contributed by atoms with Crippen molar-refractivity contribution in [2.75, 3.05) is 11.9 Å². The van der Waals surface area contributed by atoms with Crippen molar-refractivity contribution in [2.45, 2.75) is 13.3 Å². The average Bonchev–Trinajstić information content (AvgIpc) is 2.97. The predicted octanol–water partition coefficient (Wildman–Crippen LogP) is 3.19. The van der Waals surface area contributed by atoms with Gasteiger partial charge in [-0.2, -0.15) is 0 Å². The minimum absolute atomic E-state index is 0.112. The lowest BCUT2D eigenvalue weighted by molar-refractivity contribution is 0.299. The molecular weight excluding hydrogens is 296 g/mol. The normalized spacial score (nSPS) is 10.6. The van der Waals surface area contributed by atoms with E-state index >= 15 is 0 Å². The van der Waals surface area contributed by atoms with E-state index in [0.717, 1.165) is 32.8 Å². The Labute approximate surface area is 132 Å². The van der Waals surface area contributed by atoms with Crippen LogP contribution in [-0.2, 0) is 6.42 Å². The summed E-state index contributed by atoms with van der Waals surface area (Å²) in [6.45, 7) is 2.14. The molecule has 2 N–H and O–H groups in total. The molecule has 0 aliphatic heterocycles. The third-order valence-corrected chi connectivity index (χ3v) is 4.13. The first-order valence-electron chi connectivity index (χ1n) is 6.97. The van der Waals surface area contributed by atoms with E-state index in [9.17, 15) is 0 Å². The van der Waals surface area contributed by atoms with E-state index in [0.29, 0.717) is 6.42 Å². The van der Waals surface area contributed by atoms with Gasteiger partial charge in [0.15, 0.2) is 0 Å². The summed E-state index contributed by atoms with van der Waals surface area (Å²) in [4.78, 5) is 14.2. The topological polar surface area (TPSA) is 70.9 Å². The number of nitrogens with zero attached hydrogens (tertiary/aromatic N) is 3. The Morgan fingerprint density at radius 1 is 1.18 bits per heavy atom. The molecule has 6 heteroatoms. The zero-order valence-corrected chi connectivity index (χ0v) is 13.0. The minimum Gasteiger partial charge on any atom is -0.396 e. The van der Waals surface area contributed by atoms with E-state index in [1.807, 2.05) is 37.3 Å². The van der Waals surface area contributed by atoms with Crippen molar-refractivity contribution in [1.29, 1.82) is 0 Å². The van der Waals surface area contributed by atoms with E-state index in [-0.39, 0.29) is 6.61 Å². The molecule has 0 aliphatic carbocycles. The number of nitrogens with one attached hydrogen (secondary N) is 1. The highest BCUT2D eigenvalue weighted by Gasteiger charge is 2.07. The Hall–Kier alpha value is -2.31. The van der Waals surface area contributed by atoms with Gasteiger partial charge in [0.25, 0.3) is 0 Å². The van der Waals surface area contributed by atoms with E-state index in [1.165, 1.54) is 0 Å². The first kappa shape index (κ1) is 14.6. The van der Waals surface area contributed by atoms with Crippen LogP contribution in [0.1, 0.15) is 10.6 Å². The van der Waals surface area contributed by atoms with E-state index in [1.54, 1.807) is 23.7 Å². The molecule has 0 amide bonds. The fourth-order valence-electron chi connectivity index (χ4n) is 2.02. The van der Waals surface area contributed by atoms with Crippen LogP contribution in [0.5, 0.6) is 0 Å². The Kier molecular flexibility index (Phi) is 4.41. The number of aromatic nitrogens is 3. The summed E-state index contributed by atoms with van der Waals surface area (Å²) >= 11 is 1.55. The molecule has 0 aliphatic rings. The molecule has 0 radical (unpaired) electrons. The number of hydrogen-bond acceptors (Lipinski definition) is 6. The highest BCUT2D eigenvalue weighted by atomic mass is 32.1. The van der Waals surface area contributed by atoms with Crippen LogP contribution in [0, 0.1) is 6.92 Å². The summed E-state index contributed by atoms with van der Waals surface area (Å²) in [5.41, 5.74) is 2.00. The number of rotatable bonds is 5. The molecule has 0 spiro atoms. The lowest BCUT2D eigenvalue weighted by Gasteiger charge is -2.06. The smallest absolute Gasteiger partial charge is 0.132 e. The standard InChI is InChI=1S/C16H16N4OS/c1-11-5-7-17-15(9-11)20-14-4-2-3-12(19-14)13-10-18-16(22-13)6-8-21/h2-5,7,9-10,21H,6,8H2,1H3,(H,17,19,20). The van der Waals surface area contributed by atoms with Crippen LogP contribution in [0.3, 0.4) is 0 Å². The van der Waals surface area contributed by atoms with Gasteiger partial charge in [0, 0.05) is 25.4 Å². The molecule has 0 atom stereocenters. The summed E-state index contributed by atoms with van der Waals surface area (Å²) in [7, 11) is 0. The Morgan fingerprint density at radius 2 is 2.09 bits per heavy atom. The molecule has 0 saturated heterocycles. The number of aliphatic hydroxyl groups excluding tert-OH is 1. The van der Waals surface area contributed by atoms with Crippen LogP contribution < -0.4 is 5.32 Å². The van der Waals surface area contributed by atoms with Gasteiger partial charge in [-0.25, -0.2) is 15.0 Å². The van der Waals surface area contributed by atoms with Crippen LogP contribution in [0.4, 0.5) is 11.6 Å². The maximum Gasteiger partial charge on any atom is 0.132 e. The van der Waals surface area contributed by atoms with E-state index < -0.39 is 0 Å². The number of aryl methyl sites for hydroxylation is 1. The van der Waals surface area contributed by atoms with Crippen molar-refractivity contribution in [3.8, 4) is 10.6 Å². The van der Waals surface area contributed by atoms with Crippen molar-refractivity contribution < 1.29 is 5.11 Å². The third-order valence-electron chi connectivity index (χ3n) is 3.05. The second kappa shape index (κ2) is 6.64. The van der Waals surface area contributed by atoms with Crippen molar-refractivity contribution in [2.24, 2.45) is 0 Å². The molecule has 112 valence electrons. The van der Waals surface area contributed by atoms with Crippen molar-refractivity contribution in [1.82, 2.24) is 15.0 Å². The molecule has 3 aromatic rings. The van der Waals surface area contributed by atoms with Crippen LogP contribution in [-0.4, -0.2) is 26.7 Å². The molecule has 0 unspecified atom stereocenters. The number of aliphatic hydroxyl groups is 1. The SMILES string of the molecule is Cc1ccnc(Nc2cccc(-c3cnc(CCO)s3)n2)c1. The van der Waals surface area contributed by atoms with E-state index in [4.69, 9.17) is 5.11 Å². The molecular formula is C16H16N4OS. The van der Waals surface area contributed by atoms with Gasteiger partial charge in [-0.1, -0.05) is 6.07 Å². The molecule has 0 bridgehead atoms. The minimum atomic E-state index is 0.112. The predicted molar refractivity (Wildman–Crippen MR) is 88.4 cm³/mol. The maximum absolute atomic E-state index is 8.96. The molecule has 0 fully saturated rings. The lowest BCUT2D eigenvalue weighted by atomic mass is 10.3. The van der Waals surface area contributed by atoms with Gasteiger partial charge in [-0.15, -0.1) is 11.3 Å². The largest absolute Gasteiger partial charge is 0.396 e. The van der Waals surface area contributed by atoms with Crippen LogP contribution in [0.2, 0.25) is 0 Å². The zero-order chi connectivity index (χ0) is 15.4. The summed E-state index contributed by atoms with van der Waals surface area (Å²) in [5.74, 6) is 1.52. The van der Waals surface area contributed by atoms with Crippen LogP contribution in [0.25, 0.3) is 10.6 Å². The third kappa shape index (κ3) is 3.47. The second-order valence-corrected chi connectivity index (χ2v) is 5.96. The Balaban J connectivity index is 1.82. The Bertz CT molecular complexity index is 772. The maximum atomic E-state index is 8.96. The van der Waals surface area contributed by atoms with Gasteiger partial charge in [0.2, 0.25) is 0 Å². The van der Waals surface area contributed by atoms with Gasteiger partial charge < -0.3 is 10.4 Å². The second-order valence-electron chi connectivity index (χ2n) is 4.84. The summed E-state index contributed by atoms with van der Waals surface area (Å²) < 4.78 is 0. The number of hydrogen-bond donors (Lipinski definition) is 2. The van der Waals surface area contributed by atoms with Crippen molar-refractivity contribution >= 4 is 23.0 Å². The number of anilines is 2. The van der Waals surface area contributed by atoms with Crippen molar-refractivity contribution in [3.63, 3.8) is 0 Å². The summed E-state index contributed by atoms with van der Waals surface area (Å²) in [6, 6.07) is 9.73. The zero-order valence-electron chi connectivity index (χ0n) is 12.2. The van der Waals surface area contributed by atoms with Crippen LogP contribution >= 0.6 is 11.3 Å². The first-order valence-corrected chi connectivity index (χ1v) is 7.79. The highest BCUT2D eigenvalue weighted by Crippen LogP contribution is 2.26. The number of pyridine rings is 2.